The first-order valence-electron chi connectivity index (χ1n) is 6.23. The van der Waals surface area contributed by atoms with Gasteiger partial charge in [0.25, 0.3) is 0 Å². The van der Waals surface area contributed by atoms with E-state index in [0.717, 1.165) is 0 Å². The van der Waals surface area contributed by atoms with Gasteiger partial charge in [-0.05, 0) is 17.7 Å². The fourth-order valence-electron chi connectivity index (χ4n) is 1.31. The lowest BCUT2D eigenvalue weighted by atomic mass is 10.1. The second kappa shape index (κ2) is 8.96. The summed E-state index contributed by atoms with van der Waals surface area (Å²) in [6, 6.07) is 14.9. The van der Waals surface area contributed by atoms with Crippen LogP contribution in [0.15, 0.2) is 42.5 Å². The van der Waals surface area contributed by atoms with Gasteiger partial charge in [0, 0.05) is 0 Å². The molecule has 16 heavy (non-hydrogen) atoms. The molecule has 0 aromatic heterocycles. The maximum atomic E-state index is 2.20. The summed E-state index contributed by atoms with van der Waals surface area (Å²) in [4.78, 5) is 0. The maximum absolute atomic E-state index is 2.20. The van der Waals surface area contributed by atoms with Gasteiger partial charge < -0.3 is 0 Å². The van der Waals surface area contributed by atoms with Crippen molar-refractivity contribution in [1.29, 1.82) is 0 Å². The van der Waals surface area contributed by atoms with Crippen LogP contribution in [0.5, 0.6) is 0 Å². The van der Waals surface area contributed by atoms with E-state index in [1.807, 2.05) is 13.8 Å². The van der Waals surface area contributed by atoms with Gasteiger partial charge in [-0.2, -0.15) is 0 Å². The lowest BCUT2D eigenvalue weighted by molar-refractivity contribution is 1.09. The van der Waals surface area contributed by atoms with Crippen molar-refractivity contribution in [2.45, 2.75) is 41.0 Å². The van der Waals surface area contributed by atoms with Crippen molar-refractivity contribution >= 4 is 10.8 Å². The molecule has 0 radical (unpaired) electrons. The lowest BCUT2D eigenvalue weighted by Gasteiger charge is -1.96. The molecular formula is C16H24. The van der Waals surface area contributed by atoms with E-state index in [1.54, 1.807) is 0 Å². The lowest BCUT2D eigenvalue weighted by Crippen LogP contribution is -1.73. The Morgan fingerprint density at radius 1 is 0.812 bits per heavy atom. The molecule has 0 aliphatic heterocycles. The molecule has 0 saturated carbocycles. The zero-order valence-electron chi connectivity index (χ0n) is 11.2. The largest absolute Gasteiger partial charge is 0.0683 e. The highest BCUT2D eigenvalue weighted by atomic mass is 13.9. The molecule has 0 spiro atoms. The molecule has 0 nitrogen and oxygen atoms in total. The molecular weight excluding hydrogens is 192 g/mol. The molecule has 2 aromatic rings. The normalized spacial score (nSPS) is 8.56. The molecule has 0 heteroatoms. The minimum Gasteiger partial charge on any atom is -0.0683 e. The molecule has 2 aromatic carbocycles. The summed E-state index contributed by atoms with van der Waals surface area (Å²) in [5.41, 5.74) is 1.32. The Morgan fingerprint density at radius 3 is 1.88 bits per heavy atom. The predicted octanol–water partition coefficient (Wildman–Crippen LogP) is 5.59. The Labute approximate surface area is 100 Å². The molecule has 0 amide bonds. The Kier molecular flexibility index (Phi) is 8.24. The predicted molar refractivity (Wildman–Crippen MR) is 76.0 cm³/mol. The minimum atomic E-state index is 1.25. The third-order valence-electron chi connectivity index (χ3n) is 1.90. The highest BCUT2D eigenvalue weighted by molar-refractivity contribution is 5.82. The fourth-order valence-corrected chi connectivity index (χ4v) is 1.31. The molecule has 0 heterocycles. The van der Waals surface area contributed by atoms with Gasteiger partial charge in [0.05, 0.1) is 0 Å². The van der Waals surface area contributed by atoms with Gasteiger partial charge in [0.2, 0.25) is 0 Å². The van der Waals surface area contributed by atoms with E-state index in [2.05, 4.69) is 63.2 Å². The fraction of sp³-hybridized carbons (Fsp3) is 0.375. The van der Waals surface area contributed by atoms with Crippen LogP contribution in [0, 0.1) is 6.92 Å². The molecule has 2 rings (SSSR count). The summed E-state index contributed by atoms with van der Waals surface area (Å²) < 4.78 is 0. The van der Waals surface area contributed by atoms with Crippen LogP contribution >= 0.6 is 0 Å². The van der Waals surface area contributed by atoms with Crippen molar-refractivity contribution in [2.24, 2.45) is 0 Å². The Balaban J connectivity index is 0.000000394. The molecule has 0 N–H and O–H groups in total. The Morgan fingerprint density at radius 2 is 1.31 bits per heavy atom. The molecule has 0 saturated heterocycles. The first-order chi connectivity index (χ1) is 7.77. The SMILES string of the molecule is CC.CCC.Cc1ccc2ccccc2c1. The number of rotatable bonds is 0. The van der Waals surface area contributed by atoms with E-state index >= 15 is 0 Å². The van der Waals surface area contributed by atoms with Crippen molar-refractivity contribution < 1.29 is 0 Å². The van der Waals surface area contributed by atoms with Crippen LogP contribution < -0.4 is 0 Å². The summed E-state index contributed by atoms with van der Waals surface area (Å²) in [6.45, 7) is 10.4. The van der Waals surface area contributed by atoms with Crippen LogP contribution in [-0.2, 0) is 0 Å². The number of hydrogen-bond acceptors (Lipinski definition) is 0. The van der Waals surface area contributed by atoms with Gasteiger partial charge >= 0.3 is 0 Å². The van der Waals surface area contributed by atoms with Crippen molar-refractivity contribution in [3.8, 4) is 0 Å². The Hall–Kier alpha value is -1.30. The van der Waals surface area contributed by atoms with Gasteiger partial charge in [0.15, 0.2) is 0 Å². The highest BCUT2D eigenvalue weighted by Gasteiger charge is 1.89. The van der Waals surface area contributed by atoms with E-state index < -0.39 is 0 Å². The zero-order chi connectivity index (χ0) is 12.4. The third-order valence-corrected chi connectivity index (χ3v) is 1.90. The van der Waals surface area contributed by atoms with Gasteiger partial charge in [-0.3, -0.25) is 0 Å². The molecule has 0 aliphatic carbocycles. The van der Waals surface area contributed by atoms with E-state index in [0.29, 0.717) is 0 Å². The van der Waals surface area contributed by atoms with Gasteiger partial charge in [-0.1, -0.05) is 82.1 Å². The summed E-state index contributed by atoms with van der Waals surface area (Å²) in [6.07, 6.45) is 1.25. The van der Waals surface area contributed by atoms with Crippen LogP contribution in [0.2, 0.25) is 0 Å². The second-order valence-corrected chi connectivity index (χ2v) is 3.56. The number of hydrogen-bond donors (Lipinski definition) is 0. The van der Waals surface area contributed by atoms with Crippen LogP contribution in [-0.4, -0.2) is 0 Å². The number of aryl methyl sites for hydroxylation is 1. The van der Waals surface area contributed by atoms with Crippen molar-refractivity contribution in [3.05, 3.63) is 48.0 Å². The third kappa shape index (κ3) is 4.97. The van der Waals surface area contributed by atoms with Gasteiger partial charge in [0.1, 0.15) is 0 Å². The first-order valence-corrected chi connectivity index (χ1v) is 6.23. The molecule has 0 aliphatic rings. The second-order valence-electron chi connectivity index (χ2n) is 3.56. The highest BCUT2D eigenvalue weighted by Crippen LogP contribution is 2.14. The minimum absolute atomic E-state index is 1.25. The summed E-state index contributed by atoms with van der Waals surface area (Å²) in [5, 5.41) is 2.64. The maximum Gasteiger partial charge on any atom is -0.0181 e. The molecule has 0 unspecified atom stereocenters. The smallest absolute Gasteiger partial charge is 0.0181 e. The quantitative estimate of drug-likeness (QED) is 0.538. The van der Waals surface area contributed by atoms with Crippen molar-refractivity contribution in [1.82, 2.24) is 0 Å². The molecule has 0 bridgehead atoms. The standard InChI is InChI=1S/C11H10.C3H8.C2H6/c1-9-6-7-10-4-2-3-5-11(10)8-9;1-3-2;1-2/h2-8H,1H3;3H2,1-2H3;1-2H3. The van der Waals surface area contributed by atoms with Crippen LogP contribution in [0.4, 0.5) is 0 Å². The monoisotopic (exact) mass is 216 g/mol. The summed E-state index contributed by atoms with van der Waals surface area (Å²) >= 11 is 0. The van der Waals surface area contributed by atoms with Crippen molar-refractivity contribution in [2.75, 3.05) is 0 Å². The molecule has 0 fully saturated rings. The Bertz CT molecular complexity index is 388. The first kappa shape index (κ1) is 14.7. The van der Waals surface area contributed by atoms with Crippen LogP contribution in [0.3, 0.4) is 0 Å². The topological polar surface area (TPSA) is 0 Å². The van der Waals surface area contributed by atoms with Crippen molar-refractivity contribution in [3.63, 3.8) is 0 Å². The molecule has 0 atom stereocenters. The summed E-state index contributed by atoms with van der Waals surface area (Å²) in [5.74, 6) is 0. The molecule has 88 valence electrons. The van der Waals surface area contributed by atoms with E-state index in [-0.39, 0.29) is 0 Å². The number of benzene rings is 2. The summed E-state index contributed by atoms with van der Waals surface area (Å²) in [7, 11) is 0. The van der Waals surface area contributed by atoms with Gasteiger partial charge in [-0.25, -0.2) is 0 Å². The number of fused-ring (bicyclic) bond motifs is 1. The van der Waals surface area contributed by atoms with Crippen LogP contribution in [0.1, 0.15) is 39.7 Å². The zero-order valence-corrected chi connectivity index (χ0v) is 11.2. The van der Waals surface area contributed by atoms with Gasteiger partial charge in [-0.15, -0.1) is 0 Å². The van der Waals surface area contributed by atoms with E-state index in [4.69, 9.17) is 0 Å². The average Bonchev–Trinajstić information content (AvgIpc) is 2.32. The van der Waals surface area contributed by atoms with Crippen LogP contribution in [0.25, 0.3) is 10.8 Å². The van der Waals surface area contributed by atoms with E-state index in [1.165, 1.54) is 22.8 Å². The average molecular weight is 216 g/mol. The van der Waals surface area contributed by atoms with E-state index in [9.17, 15) is 0 Å².